The van der Waals surface area contributed by atoms with Crippen molar-refractivity contribution in [3.05, 3.63) is 29.6 Å². The lowest BCUT2D eigenvalue weighted by Gasteiger charge is -2.25. The minimum atomic E-state index is -1.15. The molecule has 0 aliphatic rings. The highest BCUT2D eigenvalue weighted by atomic mass is 19.1. The molecule has 0 aromatic heterocycles. The largest absolute Gasteiger partial charge is 0.481 e. The lowest BCUT2D eigenvalue weighted by atomic mass is 9.79. The average Bonchev–Trinajstić information content (AvgIpc) is 2.44. The zero-order chi connectivity index (χ0) is 16.0. The second-order valence-corrected chi connectivity index (χ2v) is 4.79. The third kappa shape index (κ3) is 3.57. The van der Waals surface area contributed by atoms with Crippen LogP contribution in [0.2, 0.25) is 0 Å². The first-order chi connectivity index (χ1) is 9.90. The summed E-state index contributed by atoms with van der Waals surface area (Å²) in [4.78, 5) is 23.4. The number of nitrogens with one attached hydrogen (secondary N) is 1. The summed E-state index contributed by atoms with van der Waals surface area (Å²) < 4.78 is 13.4. The molecule has 0 aliphatic heterocycles. The molecule has 0 atom stereocenters. The Kier molecular flexibility index (Phi) is 5.42. The van der Waals surface area contributed by atoms with Crippen LogP contribution in [0.3, 0.4) is 0 Å². The van der Waals surface area contributed by atoms with Crippen LogP contribution in [0.25, 0.3) is 0 Å². The summed E-state index contributed by atoms with van der Waals surface area (Å²) in [5.74, 6) is -2.32. The average molecular weight is 292 g/mol. The monoisotopic (exact) mass is 292 g/mol. The standard InChI is InChI=1S/C15H17FN2O3/c1-3-15(4-2,14(20)21)8-13(19)18-12-7-5-6-11(16)10(12)9-17/h5-7H,3-4,8H2,1-2H3,(H,18,19)(H,20,21). The van der Waals surface area contributed by atoms with Gasteiger partial charge in [0.1, 0.15) is 17.4 Å². The fraction of sp³-hybridized carbons (Fsp3) is 0.400. The van der Waals surface area contributed by atoms with E-state index in [0.717, 1.165) is 6.07 Å². The van der Waals surface area contributed by atoms with Crippen molar-refractivity contribution in [1.29, 1.82) is 5.26 Å². The SMILES string of the molecule is CCC(CC)(CC(=O)Nc1cccc(F)c1C#N)C(=O)O. The zero-order valence-corrected chi connectivity index (χ0v) is 11.9. The number of hydrogen-bond acceptors (Lipinski definition) is 3. The highest BCUT2D eigenvalue weighted by Crippen LogP contribution is 2.31. The molecule has 21 heavy (non-hydrogen) atoms. The maximum atomic E-state index is 13.4. The second-order valence-electron chi connectivity index (χ2n) is 4.79. The molecule has 0 fully saturated rings. The Bertz CT molecular complexity index is 589. The lowest BCUT2D eigenvalue weighted by Crippen LogP contribution is -2.34. The third-order valence-electron chi connectivity index (χ3n) is 3.71. The number of anilines is 1. The molecule has 0 radical (unpaired) electrons. The second kappa shape index (κ2) is 6.84. The van der Waals surface area contributed by atoms with Crippen LogP contribution in [0.5, 0.6) is 0 Å². The molecular weight excluding hydrogens is 275 g/mol. The van der Waals surface area contributed by atoms with Gasteiger partial charge in [-0.3, -0.25) is 9.59 Å². The van der Waals surface area contributed by atoms with E-state index in [0.29, 0.717) is 12.8 Å². The van der Waals surface area contributed by atoms with E-state index in [4.69, 9.17) is 5.26 Å². The Morgan fingerprint density at radius 2 is 2.00 bits per heavy atom. The van der Waals surface area contributed by atoms with Crippen molar-refractivity contribution in [3.63, 3.8) is 0 Å². The number of nitrogens with zero attached hydrogens (tertiary/aromatic N) is 1. The molecule has 2 N–H and O–H groups in total. The topological polar surface area (TPSA) is 90.2 Å². The summed E-state index contributed by atoms with van der Waals surface area (Å²) in [7, 11) is 0. The number of rotatable bonds is 6. The summed E-state index contributed by atoms with van der Waals surface area (Å²) in [5.41, 5.74) is -1.36. The molecule has 5 nitrogen and oxygen atoms in total. The van der Waals surface area contributed by atoms with Crippen LogP contribution in [0.15, 0.2) is 18.2 Å². The molecule has 6 heteroatoms. The minimum Gasteiger partial charge on any atom is -0.481 e. The number of halogens is 1. The first kappa shape index (κ1) is 16.6. The molecule has 1 amide bonds. The van der Waals surface area contributed by atoms with Crippen molar-refractivity contribution < 1.29 is 19.1 Å². The highest BCUT2D eigenvalue weighted by Gasteiger charge is 2.37. The van der Waals surface area contributed by atoms with Gasteiger partial charge in [-0.25, -0.2) is 4.39 Å². The maximum Gasteiger partial charge on any atom is 0.310 e. The molecule has 0 spiro atoms. The fourth-order valence-corrected chi connectivity index (χ4v) is 2.12. The van der Waals surface area contributed by atoms with Gasteiger partial charge in [0.05, 0.1) is 11.1 Å². The molecule has 0 unspecified atom stereocenters. The highest BCUT2D eigenvalue weighted by molar-refractivity contribution is 5.95. The third-order valence-corrected chi connectivity index (χ3v) is 3.71. The number of hydrogen-bond donors (Lipinski definition) is 2. The normalized spacial score (nSPS) is 10.8. The molecule has 112 valence electrons. The van der Waals surface area contributed by atoms with Crippen molar-refractivity contribution in [2.24, 2.45) is 5.41 Å². The Hall–Kier alpha value is -2.42. The van der Waals surface area contributed by atoms with Gasteiger partial charge < -0.3 is 10.4 Å². The van der Waals surface area contributed by atoms with E-state index in [9.17, 15) is 19.1 Å². The van der Waals surface area contributed by atoms with E-state index in [2.05, 4.69) is 5.32 Å². The van der Waals surface area contributed by atoms with Gasteiger partial charge in [-0.05, 0) is 25.0 Å². The lowest BCUT2D eigenvalue weighted by molar-refractivity contribution is -0.151. The minimum absolute atomic E-state index is 0.0500. The Morgan fingerprint density at radius 3 is 2.48 bits per heavy atom. The predicted octanol–water partition coefficient (Wildman–Crippen LogP) is 2.92. The number of carbonyl (C=O) groups excluding carboxylic acids is 1. The number of amides is 1. The summed E-state index contributed by atoms with van der Waals surface area (Å²) in [5, 5.41) is 20.6. The summed E-state index contributed by atoms with van der Waals surface area (Å²) in [6.07, 6.45) is 0.387. The van der Waals surface area contributed by atoms with Gasteiger partial charge in [-0.2, -0.15) is 5.26 Å². The summed E-state index contributed by atoms with van der Waals surface area (Å²) in [6, 6.07) is 5.57. The van der Waals surface area contributed by atoms with Crippen LogP contribution >= 0.6 is 0 Å². The van der Waals surface area contributed by atoms with E-state index in [1.54, 1.807) is 19.9 Å². The maximum absolute atomic E-state index is 13.4. The van der Waals surface area contributed by atoms with Gasteiger partial charge in [-0.15, -0.1) is 0 Å². The van der Waals surface area contributed by atoms with Gasteiger partial charge in [0.2, 0.25) is 5.91 Å². The number of nitriles is 1. The quantitative estimate of drug-likeness (QED) is 0.843. The molecule has 0 bridgehead atoms. The molecule has 0 saturated carbocycles. The van der Waals surface area contributed by atoms with Gasteiger partial charge in [-0.1, -0.05) is 19.9 Å². The van der Waals surface area contributed by atoms with Crippen LogP contribution in [-0.4, -0.2) is 17.0 Å². The smallest absolute Gasteiger partial charge is 0.310 e. The summed E-state index contributed by atoms with van der Waals surface area (Å²) >= 11 is 0. The van der Waals surface area contributed by atoms with Crippen LogP contribution in [0, 0.1) is 22.6 Å². The van der Waals surface area contributed by atoms with Crippen LogP contribution in [-0.2, 0) is 9.59 Å². The molecule has 0 saturated heterocycles. The van der Waals surface area contributed by atoms with Crippen molar-refractivity contribution in [2.75, 3.05) is 5.32 Å². The van der Waals surface area contributed by atoms with Crippen LogP contribution in [0.4, 0.5) is 10.1 Å². The molecule has 1 aromatic carbocycles. The summed E-state index contributed by atoms with van der Waals surface area (Å²) in [6.45, 7) is 3.40. The van der Waals surface area contributed by atoms with Crippen molar-refractivity contribution >= 4 is 17.6 Å². The number of benzene rings is 1. The number of carboxylic acid groups (broad SMARTS) is 1. The van der Waals surface area contributed by atoms with Crippen LogP contribution in [0.1, 0.15) is 38.7 Å². The Morgan fingerprint density at radius 1 is 1.38 bits per heavy atom. The zero-order valence-electron chi connectivity index (χ0n) is 11.9. The Labute approximate surface area is 122 Å². The molecule has 1 aromatic rings. The van der Waals surface area contributed by atoms with Crippen molar-refractivity contribution in [3.8, 4) is 6.07 Å². The van der Waals surface area contributed by atoms with E-state index in [1.165, 1.54) is 12.1 Å². The van der Waals surface area contributed by atoms with E-state index in [-0.39, 0.29) is 17.7 Å². The first-order valence-corrected chi connectivity index (χ1v) is 6.62. The fourth-order valence-electron chi connectivity index (χ4n) is 2.12. The molecule has 0 heterocycles. The van der Waals surface area contributed by atoms with E-state index < -0.39 is 23.1 Å². The van der Waals surface area contributed by atoms with E-state index >= 15 is 0 Å². The Balaban J connectivity index is 2.95. The van der Waals surface area contributed by atoms with Crippen LogP contribution < -0.4 is 5.32 Å². The van der Waals surface area contributed by atoms with E-state index in [1.807, 2.05) is 0 Å². The van der Waals surface area contributed by atoms with Crippen molar-refractivity contribution in [2.45, 2.75) is 33.1 Å². The number of carbonyl (C=O) groups is 2. The van der Waals surface area contributed by atoms with Gasteiger partial charge in [0.15, 0.2) is 0 Å². The number of aliphatic carboxylic acids is 1. The first-order valence-electron chi connectivity index (χ1n) is 6.62. The van der Waals surface area contributed by atoms with Gasteiger partial charge in [0, 0.05) is 6.42 Å². The molecule has 1 rings (SSSR count). The van der Waals surface area contributed by atoms with Gasteiger partial charge >= 0.3 is 5.97 Å². The number of carboxylic acids is 1. The van der Waals surface area contributed by atoms with Crippen molar-refractivity contribution in [1.82, 2.24) is 0 Å². The van der Waals surface area contributed by atoms with Gasteiger partial charge in [0.25, 0.3) is 0 Å². The predicted molar refractivity (Wildman–Crippen MR) is 75.0 cm³/mol. The molecule has 0 aliphatic carbocycles. The molecular formula is C15H17FN2O3.